The molecule has 3 aromatic carbocycles. The molecule has 0 saturated carbocycles. The lowest BCUT2D eigenvalue weighted by atomic mass is 10.1. The zero-order valence-electron chi connectivity index (χ0n) is 20.0. The van der Waals surface area contributed by atoms with Crippen LogP contribution >= 0.6 is 11.6 Å². The average molecular weight is 512 g/mol. The highest BCUT2D eigenvalue weighted by Crippen LogP contribution is 2.29. The van der Waals surface area contributed by atoms with E-state index >= 15 is 0 Å². The van der Waals surface area contributed by atoms with Crippen LogP contribution in [-0.2, 0) is 21.2 Å². The van der Waals surface area contributed by atoms with Gasteiger partial charge in [0.05, 0.1) is 10.6 Å². The van der Waals surface area contributed by atoms with Crippen LogP contribution in [-0.4, -0.2) is 51.9 Å². The Balaban J connectivity index is 1.56. The largest absolute Gasteiger partial charge is 0.368 e. The summed E-state index contributed by atoms with van der Waals surface area (Å²) in [4.78, 5) is 17.5. The van der Waals surface area contributed by atoms with Crippen molar-refractivity contribution >= 4 is 38.9 Å². The summed E-state index contributed by atoms with van der Waals surface area (Å²) in [7, 11) is -3.92. The molecule has 0 spiro atoms. The molecule has 1 aliphatic heterocycles. The molecule has 0 N–H and O–H groups in total. The van der Waals surface area contributed by atoms with Crippen LogP contribution in [0.2, 0.25) is 5.02 Å². The normalized spacial score (nSPS) is 14.1. The van der Waals surface area contributed by atoms with Gasteiger partial charge in [-0.25, -0.2) is 8.42 Å². The van der Waals surface area contributed by atoms with E-state index in [1.165, 1.54) is 4.31 Å². The fraction of sp³-hybridized carbons (Fsp3) is 0.296. The lowest BCUT2D eigenvalue weighted by molar-refractivity contribution is -0.129. The summed E-state index contributed by atoms with van der Waals surface area (Å²) in [5.41, 5.74) is 3.61. The summed E-state index contributed by atoms with van der Waals surface area (Å²) in [6.07, 6.45) is 0.656. The van der Waals surface area contributed by atoms with E-state index in [2.05, 4.69) is 4.90 Å². The number of anilines is 2. The van der Waals surface area contributed by atoms with Crippen molar-refractivity contribution in [3.05, 3.63) is 88.9 Å². The van der Waals surface area contributed by atoms with Crippen LogP contribution in [0.5, 0.6) is 0 Å². The number of benzene rings is 3. The molecule has 0 atom stereocenters. The summed E-state index contributed by atoms with van der Waals surface area (Å²) >= 11 is 6.19. The average Bonchev–Trinajstić information content (AvgIpc) is 2.89. The minimum Gasteiger partial charge on any atom is -0.368 e. The Labute approximate surface area is 212 Å². The summed E-state index contributed by atoms with van der Waals surface area (Å²) in [6, 6.07) is 21.5. The number of sulfonamides is 1. The molecule has 1 aliphatic rings. The van der Waals surface area contributed by atoms with E-state index in [0.29, 0.717) is 43.3 Å². The number of hydrogen-bond acceptors (Lipinski definition) is 4. The first-order chi connectivity index (χ1) is 16.8. The monoisotopic (exact) mass is 511 g/mol. The molecule has 0 bridgehead atoms. The Morgan fingerprint density at radius 3 is 2.29 bits per heavy atom. The van der Waals surface area contributed by atoms with E-state index in [1.807, 2.05) is 44.2 Å². The number of aryl methyl sites for hydroxylation is 2. The van der Waals surface area contributed by atoms with Gasteiger partial charge in [0, 0.05) is 36.9 Å². The molecular weight excluding hydrogens is 482 g/mol. The Morgan fingerprint density at radius 1 is 0.943 bits per heavy atom. The van der Waals surface area contributed by atoms with E-state index < -0.39 is 10.0 Å². The van der Waals surface area contributed by atoms with Crippen molar-refractivity contribution in [3.63, 3.8) is 0 Å². The van der Waals surface area contributed by atoms with Crippen LogP contribution in [0.15, 0.2) is 77.7 Å². The summed E-state index contributed by atoms with van der Waals surface area (Å²) < 4.78 is 28.6. The molecule has 3 aromatic rings. The van der Waals surface area contributed by atoms with Crippen molar-refractivity contribution < 1.29 is 13.2 Å². The van der Waals surface area contributed by atoms with E-state index in [4.69, 9.17) is 11.6 Å². The zero-order valence-corrected chi connectivity index (χ0v) is 21.6. The van der Waals surface area contributed by atoms with Crippen molar-refractivity contribution in [1.29, 1.82) is 0 Å². The predicted molar refractivity (Wildman–Crippen MR) is 142 cm³/mol. The lowest BCUT2D eigenvalue weighted by Crippen LogP contribution is -2.52. The molecule has 0 aliphatic carbocycles. The lowest BCUT2D eigenvalue weighted by Gasteiger charge is -2.38. The van der Waals surface area contributed by atoms with E-state index in [0.717, 1.165) is 16.8 Å². The molecule has 4 rings (SSSR count). The number of nitrogens with zero attached hydrogens (tertiary/aromatic N) is 3. The minimum atomic E-state index is -3.92. The first-order valence-corrected chi connectivity index (χ1v) is 13.6. The Bertz CT molecular complexity index is 1290. The zero-order chi connectivity index (χ0) is 25.0. The van der Waals surface area contributed by atoms with Crippen molar-refractivity contribution in [2.45, 2.75) is 25.2 Å². The van der Waals surface area contributed by atoms with Gasteiger partial charge >= 0.3 is 0 Å². The van der Waals surface area contributed by atoms with Gasteiger partial charge in [-0.3, -0.25) is 9.10 Å². The van der Waals surface area contributed by atoms with Crippen molar-refractivity contribution in [2.24, 2.45) is 0 Å². The molecule has 0 unspecified atom stereocenters. The van der Waals surface area contributed by atoms with Gasteiger partial charge in [0.15, 0.2) is 0 Å². The molecule has 8 heteroatoms. The van der Waals surface area contributed by atoms with Crippen LogP contribution in [0.25, 0.3) is 0 Å². The SMILES string of the molecule is CCc1ccccc1N(CC(=O)N1CCN(c2cc(Cl)ccc2C)CC1)S(=O)(=O)c1ccccc1. The van der Waals surface area contributed by atoms with Gasteiger partial charge < -0.3 is 9.80 Å². The smallest absolute Gasteiger partial charge is 0.264 e. The Morgan fingerprint density at radius 2 is 1.60 bits per heavy atom. The van der Waals surface area contributed by atoms with Gasteiger partial charge in [-0.15, -0.1) is 0 Å². The van der Waals surface area contributed by atoms with Gasteiger partial charge in [0.2, 0.25) is 5.91 Å². The highest BCUT2D eigenvalue weighted by atomic mass is 35.5. The number of rotatable bonds is 7. The second-order valence-electron chi connectivity index (χ2n) is 8.61. The van der Waals surface area contributed by atoms with E-state index in [1.54, 1.807) is 47.4 Å². The standard InChI is InChI=1S/C27H30ClN3O3S/c1-3-22-9-7-8-12-25(22)31(35(33,34)24-10-5-4-6-11-24)20-27(32)30-17-15-29(16-18-30)26-19-23(28)14-13-21(26)2/h4-14,19H,3,15-18,20H2,1-2H3. The number of carbonyl (C=O) groups is 1. The summed E-state index contributed by atoms with van der Waals surface area (Å²) in [6.45, 7) is 6.11. The molecule has 1 fully saturated rings. The second kappa shape index (κ2) is 10.7. The van der Waals surface area contributed by atoms with Gasteiger partial charge in [-0.05, 0) is 54.8 Å². The Hall–Kier alpha value is -3.03. The van der Waals surface area contributed by atoms with E-state index in [-0.39, 0.29) is 17.3 Å². The molecule has 0 radical (unpaired) electrons. The third-order valence-corrected chi connectivity index (χ3v) is 8.40. The third-order valence-electron chi connectivity index (χ3n) is 6.40. The molecule has 1 heterocycles. The maximum absolute atomic E-state index is 13.7. The van der Waals surface area contributed by atoms with Crippen LogP contribution in [0.4, 0.5) is 11.4 Å². The van der Waals surface area contributed by atoms with Gasteiger partial charge in [-0.1, -0.05) is 61.0 Å². The maximum Gasteiger partial charge on any atom is 0.264 e. The molecule has 6 nitrogen and oxygen atoms in total. The van der Waals surface area contributed by atoms with Gasteiger partial charge in [0.1, 0.15) is 6.54 Å². The highest BCUT2D eigenvalue weighted by Gasteiger charge is 2.31. The highest BCUT2D eigenvalue weighted by molar-refractivity contribution is 7.92. The Kier molecular flexibility index (Phi) is 7.67. The number of halogens is 1. The first kappa shape index (κ1) is 25.1. The van der Waals surface area contributed by atoms with Crippen LogP contribution in [0.3, 0.4) is 0 Å². The third kappa shape index (κ3) is 5.46. The van der Waals surface area contributed by atoms with Crippen molar-refractivity contribution in [1.82, 2.24) is 4.90 Å². The molecular formula is C27H30ClN3O3S. The second-order valence-corrected chi connectivity index (χ2v) is 10.9. The topological polar surface area (TPSA) is 60.9 Å². The van der Waals surface area contributed by atoms with Gasteiger partial charge in [0.25, 0.3) is 10.0 Å². The minimum absolute atomic E-state index is 0.167. The summed E-state index contributed by atoms with van der Waals surface area (Å²) in [5, 5.41) is 0.681. The van der Waals surface area contributed by atoms with Crippen LogP contribution < -0.4 is 9.21 Å². The fourth-order valence-electron chi connectivity index (χ4n) is 4.42. The van der Waals surface area contributed by atoms with Gasteiger partial charge in [-0.2, -0.15) is 0 Å². The molecule has 0 aromatic heterocycles. The van der Waals surface area contributed by atoms with Crippen molar-refractivity contribution in [3.8, 4) is 0 Å². The molecule has 1 amide bonds. The molecule has 35 heavy (non-hydrogen) atoms. The van der Waals surface area contributed by atoms with Crippen LogP contribution in [0, 0.1) is 6.92 Å². The van der Waals surface area contributed by atoms with Crippen LogP contribution in [0.1, 0.15) is 18.1 Å². The quantitative estimate of drug-likeness (QED) is 0.459. The maximum atomic E-state index is 13.7. The van der Waals surface area contributed by atoms with Crippen molar-refractivity contribution in [2.75, 3.05) is 41.9 Å². The predicted octanol–water partition coefficient (Wildman–Crippen LogP) is 4.75. The molecule has 184 valence electrons. The van der Waals surface area contributed by atoms with E-state index in [9.17, 15) is 13.2 Å². The number of hydrogen-bond donors (Lipinski definition) is 0. The number of para-hydroxylation sites is 1. The number of piperazine rings is 1. The number of amides is 1. The summed E-state index contributed by atoms with van der Waals surface area (Å²) in [5.74, 6) is -0.210. The fourth-order valence-corrected chi connectivity index (χ4v) is 6.05. The number of carbonyl (C=O) groups excluding carboxylic acids is 1. The first-order valence-electron chi connectivity index (χ1n) is 11.8. The molecule has 1 saturated heterocycles.